The number of amides is 2. The van der Waals surface area contributed by atoms with Gasteiger partial charge in [-0.15, -0.1) is 0 Å². The molecule has 2 N–H and O–H groups in total. The summed E-state index contributed by atoms with van der Waals surface area (Å²) >= 11 is 5.29. The molecule has 3 aromatic rings. The predicted molar refractivity (Wildman–Crippen MR) is 141 cm³/mol. The molecule has 35 heavy (non-hydrogen) atoms. The smallest absolute Gasteiger partial charge is 0.257 e. The van der Waals surface area contributed by atoms with Crippen molar-refractivity contribution in [2.75, 3.05) is 32.2 Å². The van der Waals surface area contributed by atoms with Gasteiger partial charge in [0.2, 0.25) is 0 Å². The molecule has 0 spiro atoms. The average Bonchev–Trinajstić information content (AvgIpc) is 2.87. The highest BCUT2D eigenvalue weighted by molar-refractivity contribution is 7.80. The molecular weight excluding hydrogens is 462 g/mol. The van der Waals surface area contributed by atoms with Gasteiger partial charge in [0, 0.05) is 37.0 Å². The minimum absolute atomic E-state index is 0.115. The zero-order chi connectivity index (χ0) is 25.0. The van der Waals surface area contributed by atoms with E-state index in [0.29, 0.717) is 48.9 Å². The van der Waals surface area contributed by atoms with Crippen molar-refractivity contribution < 1.29 is 19.1 Å². The van der Waals surface area contributed by atoms with Gasteiger partial charge in [-0.2, -0.15) is 0 Å². The fraction of sp³-hybridized carbons (Fsp3) is 0.222. The van der Waals surface area contributed by atoms with Crippen LogP contribution in [-0.2, 0) is 11.3 Å². The number of carbonyl (C=O) groups is 2. The van der Waals surface area contributed by atoms with E-state index in [9.17, 15) is 9.59 Å². The molecule has 0 saturated heterocycles. The van der Waals surface area contributed by atoms with Crippen LogP contribution in [0.15, 0.2) is 78.9 Å². The van der Waals surface area contributed by atoms with Crippen molar-refractivity contribution in [1.29, 1.82) is 0 Å². The Balaban J connectivity index is 1.53. The average molecular weight is 492 g/mol. The summed E-state index contributed by atoms with van der Waals surface area (Å²) in [6, 6.07) is 23.5. The number of benzene rings is 3. The summed E-state index contributed by atoms with van der Waals surface area (Å²) in [6.45, 7) is 4.02. The zero-order valence-electron chi connectivity index (χ0n) is 19.8. The standard InChI is InChI=1S/C27H29N3O4S/c1-3-33-16-17-34-24-14-12-21(13-15-24)25(31)29-27(35)28-23-11-7-10-22(18-23)26(32)30(2)19-20-8-5-4-6-9-20/h4-15,18H,3,16-17,19H2,1-2H3,(H2,28,29,31,35). The Bertz CT molecular complexity index is 1140. The van der Waals surface area contributed by atoms with E-state index >= 15 is 0 Å². The molecule has 0 aromatic heterocycles. The molecular formula is C27H29N3O4S. The lowest BCUT2D eigenvalue weighted by atomic mass is 10.1. The number of hydrogen-bond acceptors (Lipinski definition) is 5. The summed E-state index contributed by atoms with van der Waals surface area (Å²) in [5, 5.41) is 5.75. The number of rotatable bonds is 10. The summed E-state index contributed by atoms with van der Waals surface area (Å²) in [4.78, 5) is 27.0. The first-order chi connectivity index (χ1) is 17.0. The van der Waals surface area contributed by atoms with Gasteiger partial charge in [0.15, 0.2) is 5.11 Å². The summed E-state index contributed by atoms with van der Waals surface area (Å²) in [5.41, 5.74) is 2.61. The van der Waals surface area contributed by atoms with Gasteiger partial charge in [-0.3, -0.25) is 14.9 Å². The minimum atomic E-state index is -0.349. The van der Waals surface area contributed by atoms with Gasteiger partial charge in [-0.25, -0.2) is 0 Å². The maximum atomic E-state index is 12.9. The van der Waals surface area contributed by atoms with Crippen LogP contribution < -0.4 is 15.4 Å². The second kappa shape index (κ2) is 13.2. The number of nitrogens with zero attached hydrogens (tertiary/aromatic N) is 1. The monoisotopic (exact) mass is 491 g/mol. The molecule has 0 heterocycles. The van der Waals surface area contributed by atoms with Crippen LogP contribution in [-0.4, -0.2) is 48.7 Å². The van der Waals surface area contributed by atoms with Crippen LogP contribution in [0.25, 0.3) is 0 Å². The van der Waals surface area contributed by atoms with E-state index in [1.807, 2.05) is 37.3 Å². The zero-order valence-corrected chi connectivity index (χ0v) is 20.6. The maximum absolute atomic E-state index is 12.9. The van der Waals surface area contributed by atoms with Crippen LogP contribution in [0.3, 0.4) is 0 Å². The molecule has 7 nitrogen and oxygen atoms in total. The molecule has 0 aliphatic carbocycles. The number of carbonyl (C=O) groups excluding carboxylic acids is 2. The van der Waals surface area contributed by atoms with Crippen LogP contribution in [0, 0.1) is 0 Å². The topological polar surface area (TPSA) is 79.9 Å². The highest BCUT2D eigenvalue weighted by atomic mass is 32.1. The molecule has 0 aliphatic heterocycles. The normalized spacial score (nSPS) is 10.3. The highest BCUT2D eigenvalue weighted by Crippen LogP contribution is 2.15. The second-order valence-corrected chi connectivity index (χ2v) is 8.11. The first kappa shape index (κ1) is 25.9. The molecule has 3 rings (SSSR count). The molecule has 0 radical (unpaired) electrons. The lowest BCUT2D eigenvalue weighted by Gasteiger charge is -2.18. The van der Waals surface area contributed by atoms with Gasteiger partial charge < -0.3 is 19.7 Å². The number of ether oxygens (including phenoxy) is 2. The Kier molecular flexibility index (Phi) is 9.77. The van der Waals surface area contributed by atoms with Crippen molar-refractivity contribution in [3.63, 3.8) is 0 Å². The van der Waals surface area contributed by atoms with Gasteiger partial charge in [0.05, 0.1) is 6.61 Å². The molecule has 0 fully saturated rings. The third kappa shape index (κ3) is 8.20. The first-order valence-corrected chi connectivity index (χ1v) is 11.7. The summed E-state index contributed by atoms with van der Waals surface area (Å²) in [5.74, 6) is 0.190. The maximum Gasteiger partial charge on any atom is 0.257 e. The molecule has 3 aromatic carbocycles. The molecule has 0 atom stereocenters. The Morgan fingerprint density at radius 1 is 0.914 bits per heavy atom. The van der Waals surface area contributed by atoms with E-state index in [-0.39, 0.29) is 16.9 Å². The Hall–Kier alpha value is -3.75. The fourth-order valence-corrected chi connectivity index (χ4v) is 3.49. The first-order valence-electron chi connectivity index (χ1n) is 11.3. The van der Waals surface area contributed by atoms with Crippen LogP contribution in [0.1, 0.15) is 33.2 Å². The van der Waals surface area contributed by atoms with Gasteiger partial charge in [-0.05, 0) is 67.2 Å². The van der Waals surface area contributed by atoms with Crippen LogP contribution >= 0.6 is 12.2 Å². The Morgan fingerprint density at radius 3 is 2.37 bits per heavy atom. The second-order valence-electron chi connectivity index (χ2n) is 7.71. The number of nitrogens with one attached hydrogen (secondary N) is 2. The lowest BCUT2D eigenvalue weighted by molar-refractivity contribution is 0.0785. The van der Waals surface area contributed by atoms with E-state index in [0.717, 1.165) is 5.56 Å². The van der Waals surface area contributed by atoms with Crippen molar-refractivity contribution in [1.82, 2.24) is 10.2 Å². The molecule has 182 valence electrons. The van der Waals surface area contributed by atoms with Gasteiger partial charge in [0.25, 0.3) is 11.8 Å². The molecule has 0 unspecified atom stereocenters. The van der Waals surface area contributed by atoms with Crippen molar-refractivity contribution in [2.24, 2.45) is 0 Å². The number of anilines is 1. The molecule has 0 aliphatic rings. The summed E-state index contributed by atoms with van der Waals surface area (Å²) in [6.07, 6.45) is 0. The van der Waals surface area contributed by atoms with E-state index in [4.69, 9.17) is 21.7 Å². The largest absolute Gasteiger partial charge is 0.491 e. The summed E-state index contributed by atoms with van der Waals surface area (Å²) < 4.78 is 10.8. The predicted octanol–water partition coefficient (Wildman–Crippen LogP) is 4.50. The molecule has 8 heteroatoms. The van der Waals surface area contributed by atoms with Crippen molar-refractivity contribution >= 4 is 34.8 Å². The summed E-state index contributed by atoms with van der Waals surface area (Å²) in [7, 11) is 1.76. The quantitative estimate of drug-likeness (QED) is 0.321. The van der Waals surface area contributed by atoms with Crippen LogP contribution in [0.5, 0.6) is 5.75 Å². The highest BCUT2D eigenvalue weighted by Gasteiger charge is 2.14. The molecule has 0 bridgehead atoms. The lowest BCUT2D eigenvalue weighted by Crippen LogP contribution is -2.34. The fourth-order valence-electron chi connectivity index (χ4n) is 3.28. The van der Waals surface area contributed by atoms with Crippen LogP contribution in [0.4, 0.5) is 5.69 Å². The molecule has 0 saturated carbocycles. The molecule has 2 amide bonds. The Morgan fingerprint density at radius 2 is 1.66 bits per heavy atom. The van der Waals surface area contributed by atoms with Crippen LogP contribution in [0.2, 0.25) is 0 Å². The van der Waals surface area contributed by atoms with Gasteiger partial charge >= 0.3 is 0 Å². The van der Waals surface area contributed by atoms with E-state index in [1.165, 1.54) is 0 Å². The van der Waals surface area contributed by atoms with E-state index in [1.54, 1.807) is 60.5 Å². The van der Waals surface area contributed by atoms with Crippen molar-refractivity contribution in [2.45, 2.75) is 13.5 Å². The third-order valence-electron chi connectivity index (χ3n) is 5.02. The SMILES string of the molecule is CCOCCOc1ccc(C(=O)NC(=S)Nc2cccc(C(=O)N(C)Cc3ccccc3)c2)cc1. The van der Waals surface area contributed by atoms with Gasteiger partial charge in [0.1, 0.15) is 12.4 Å². The minimum Gasteiger partial charge on any atom is -0.491 e. The van der Waals surface area contributed by atoms with Crippen molar-refractivity contribution in [3.8, 4) is 5.75 Å². The van der Waals surface area contributed by atoms with E-state index in [2.05, 4.69) is 10.6 Å². The Labute approximate surface area is 211 Å². The number of thiocarbonyl (C=S) groups is 1. The van der Waals surface area contributed by atoms with Gasteiger partial charge in [-0.1, -0.05) is 36.4 Å². The van der Waals surface area contributed by atoms with E-state index < -0.39 is 0 Å². The third-order valence-corrected chi connectivity index (χ3v) is 5.22. The van der Waals surface area contributed by atoms with Crippen molar-refractivity contribution in [3.05, 3.63) is 95.6 Å². The number of hydrogen-bond donors (Lipinski definition) is 2.